The molecular formula is C13H17N3O2. The zero-order chi connectivity index (χ0) is 13.1. The van der Waals surface area contributed by atoms with Crippen LogP contribution in [-0.4, -0.2) is 39.5 Å². The fraction of sp³-hybridized carbons (Fsp3) is 0.385. The molecule has 0 aliphatic carbocycles. The molecule has 0 aliphatic rings. The summed E-state index contributed by atoms with van der Waals surface area (Å²) in [7, 11) is 1.93. The number of imidazole rings is 1. The van der Waals surface area contributed by atoms with Crippen LogP contribution < -0.4 is 0 Å². The van der Waals surface area contributed by atoms with E-state index in [2.05, 4.69) is 9.97 Å². The number of carbonyl (C=O) groups is 1. The molecule has 1 aromatic heterocycles. The van der Waals surface area contributed by atoms with Crippen molar-refractivity contribution in [3.8, 4) is 0 Å². The molecule has 1 unspecified atom stereocenters. The number of H-pyrrole nitrogens is 1. The fourth-order valence-corrected chi connectivity index (χ4v) is 2.00. The van der Waals surface area contributed by atoms with E-state index in [9.17, 15) is 4.79 Å². The first-order valence-electron chi connectivity index (χ1n) is 5.89. The Kier molecular flexibility index (Phi) is 3.62. The van der Waals surface area contributed by atoms with Crippen molar-refractivity contribution in [1.29, 1.82) is 0 Å². The first-order valence-corrected chi connectivity index (χ1v) is 5.89. The van der Waals surface area contributed by atoms with Gasteiger partial charge in [-0.3, -0.25) is 4.79 Å². The van der Waals surface area contributed by atoms with E-state index < -0.39 is 5.97 Å². The minimum Gasteiger partial charge on any atom is -0.481 e. The number of nitrogens with zero attached hydrogens (tertiary/aromatic N) is 2. The van der Waals surface area contributed by atoms with Gasteiger partial charge in [-0.25, -0.2) is 4.98 Å². The zero-order valence-corrected chi connectivity index (χ0v) is 10.6. The number of aromatic nitrogens is 2. The molecule has 0 radical (unpaired) electrons. The van der Waals surface area contributed by atoms with Gasteiger partial charge < -0.3 is 15.0 Å². The van der Waals surface area contributed by atoms with Crippen LogP contribution in [0.15, 0.2) is 24.5 Å². The number of aromatic amines is 1. The standard InChI is InChI=1S/C13H17N3O2/c1-9(13(17)18)6-16(2)7-10-3-4-11-12(5-10)15-8-14-11/h3-5,8-9H,6-7H2,1-2H3,(H,14,15)(H,17,18). The highest BCUT2D eigenvalue weighted by Crippen LogP contribution is 2.13. The van der Waals surface area contributed by atoms with E-state index in [1.54, 1.807) is 13.3 Å². The van der Waals surface area contributed by atoms with E-state index in [1.165, 1.54) is 0 Å². The van der Waals surface area contributed by atoms with E-state index in [4.69, 9.17) is 5.11 Å². The molecular weight excluding hydrogens is 230 g/mol. The number of carboxylic acids is 1. The first-order chi connectivity index (χ1) is 8.56. The Morgan fingerprint density at radius 3 is 3.06 bits per heavy atom. The summed E-state index contributed by atoms with van der Waals surface area (Å²) in [5.74, 6) is -1.11. The van der Waals surface area contributed by atoms with Gasteiger partial charge in [0.1, 0.15) is 0 Å². The second-order valence-electron chi connectivity index (χ2n) is 4.69. The van der Waals surface area contributed by atoms with Crippen molar-refractivity contribution >= 4 is 17.0 Å². The molecule has 5 nitrogen and oxygen atoms in total. The number of fused-ring (bicyclic) bond motifs is 1. The van der Waals surface area contributed by atoms with Crippen LogP contribution in [-0.2, 0) is 11.3 Å². The third-order valence-electron chi connectivity index (χ3n) is 2.94. The van der Waals surface area contributed by atoms with Crippen LogP contribution in [0.2, 0.25) is 0 Å². The van der Waals surface area contributed by atoms with Gasteiger partial charge in [0.25, 0.3) is 0 Å². The van der Waals surface area contributed by atoms with Gasteiger partial charge in [0.05, 0.1) is 23.3 Å². The van der Waals surface area contributed by atoms with Gasteiger partial charge in [-0.15, -0.1) is 0 Å². The van der Waals surface area contributed by atoms with E-state index in [0.717, 1.165) is 23.1 Å². The van der Waals surface area contributed by atoms with Gasteiger partial charge in [0.2, 0.25) is 0 Å². The second-order valence-corrected chi connectivity index (χ2v) is 4.69. The molecule has 0 bridgehead atoms. The lowest BCUT2D eigenvalue weighted by Gasteiger charge is -2.19. The quantitative estimate of drug-likeness (QED) is 0.844. The summed E-state index contributed by atoms with van der Waals surface area (Å²) in [5.41, 5.74) is 3.10. The molecule has 0 spiro atoms. The normalized spacial score (nSPS) is 13.1. The van der Waals surface area contributed by atoms with Crippen LogP contribution in [0.5, 0.6) is 0 Å². The Morgan fingerprint density at radius 1 is 1.56 bits per heavy atom. The molecule has 0 aliphatic heterocycles. The van der Waals surface area contributed by atoms with Crippen molar-refractivity contribution < 1.29 is 9.90 Å². The third-order valence-corrected chi connectivity index (χ3v) is 2.94. The minimum atomic E-state index is -0.758. The Bertz CT molecular complexity index is 550. The largest absolute Gasteiger partial charge is 0.481 e. The molecule has 0 saturated carbocycles. The summed E-state index contributed by atoms with van der Waals surface area (Å²) in [4.78, 5) is 20.0. The molecule has 2 N–H and O–H groups in total. The lowest BCUT2D eigenvalue weighted by atomic mass is 10.1. The van der Waals surface area contributed by atoms with Crippen molar-refractivity contribution in [2.75, 3.05) is 13.6 Å². The molecule has 0 amide bonds. The van der Waals surface area contributed by atoms with Crippen LogP contribution in [0, 0.1) is 5.92 Å². The maximum Gasteiger partial charge on any atom is 0.307 e. The van der Waals surface area contributed by atoms with E-state index >= 15 is 0 Å². The predicted octanol–water partition coefficient (Wildman–Crippen LogP) is 1.72. The van der Waals surface area contributed by atoms with Gasteiger partial charge in [0, 0.05) is 13.1 Å². The summed E-state index contributed by atoms with van der Waals surface area (Å²) in [6.07, 6.45) is 1.67. The summed E-state index contributed by atoms with van der Waals surface area (Å²) in [6.45, 7) is 2.99. The average molecular weight is 247 g/mol. The summed E-state index contributed by atoms with van der Waals surface area (Å²) in [6, 6.07) is 6.03. The highest BCUT2D eigenvalue weighted by Gasteiger charge is 2.13. The first kappa shape index (κ1) is 12.6. The minimum absolute atomic E-state index is 0.356. The molecule has 1 aromatic carbocycles. The van der Waals surface area contributed by atoms with E-state index in [-0.39, 0.29) is 5.92 Å². The second kappa shape index (κ2) is 5.18. The van der Waals surface area contributed by atoms with Crippen molar-refractivity contribution in [3.63, 3.8) is 0 Å². The number of carboxylic acid groups (broad SMARTS) is 1. The Hall–Kier alpha value is -1.88. The fourth-order valence-electron chi connectivity index (χ4n) is 2.00. The number of hydrogen-bond acceptors (Lipinski definition) is 3. The molecule has 96 valence electrons. The molecule has 1 heterocycles. The third kappa shape index (κ3) is 2.87. The van der Waals surface area contributed by atoms with Gasteiger partial charge in [-0.05, 0) is 24.7 Å². The number of hydrogen-bond donors (Lipinski definition) is 2. The molecule has 2 rings (SSSR count). The Balaban J connectivity index is 2.01. The molecule has 0 saturated heterocycles. The maximum absolute atomic E-state index is 10.8. The van der Waals surface area contributed by atoms with Gasteiger partial charge in [-0.2, -0.15) is 0 Å². The topological polar surface area (TPSA) is 69.2 Å². The number of aliphatic carboxylic acids is 1. The Labute approximate surface area is 105 Å². The van der Waals surface area contributed by atoms with Crippen LogP contribution in [0.3, 0.4) is 0 Å². The number of nitrogens with one attached hydrogen (secondary N) is 1. The number of rotatable bonds is 5. The molecule has 5 heteroatoms. The highest BCUT2D eigenvalue weighted by atomic mass is 16.4. The maximum atomic E-state index is 10.8. The lowest BCUT2D eigenvalue weighted by molar-refractivity contribution is -0.141. The number of benzene rings is 1. The van der Waals surface area contributed by atoms with Crippen LogP contribution in [0.1, 0.15) is 12.5 Å². The van der Waals surface area contributed by atoms with Crippen molar-refractivity contribution in [3.05, 3.63) is 30.1 Å². The molecule has 2 aromatic rings. The van der Waals surface area contributed by atoms with E-state index in [0.29, 0.717) is 6.54 Å². The van der Waals surface area contributed by atoms with Crippen LogP contribution in [0.4, 0.5) is 0 Å². The van der Waals surface area contributed by atoms with Crippen molar-refractivity contribution in [2.24, 2.45) is 5.92 Å². The zero-order valence-electron chi connectivity index (χ0n) is 10.6. The van der Waals surface area contributed by atoms with Gasteiger partial charge in [-0.1, -0.05) is 13.0 Å². The van der Waals surface area contributed by atoms with Crippen molar-refractivity contribution in [2.45, 2.75) is 13.5 Å². The van der Waals surface area contributed by atoms with Crippen molar-refractivity contribution in [1.82, 2.24) is 14.9 Å². The highest BCUT2D eigenvalue weighted by molar-refractivity contribution is 5.75. The smallest absolute Gasteiger partial charge is 0.307 e. The lowest BCUT2D eigenvalue weighted by Crippen LogP contribution is -2.28. The molecule has 1 atom stereocenters. The van der Waals surface area contributed by atoms with Crippen LogP contribution in [0.25, 0.3) is 11.0 Å². The van der Waals surface area contributed by atoms with E-state index in [1.807, 2.05) is 30.1 Å². The SMILES string of the molecule is CC(CN(C)Cc1ccc2nc[nH]c2c1)C(=O)O. The predicted molar refractivity (Wildman–Crippen MR) is 69.2 cm³/mol. The molecule has 0 fully saturated rings. The summed E-state index contributed by atoms with van der Waals surface area (Å²) < 4.78 is 0. The van der Waals surface area contributed by atoms with Gasteiger partial charge in [0.15, 0.2) is 0 Å². The molecule has 18 heavy (non-hydrogen) atoms. The average Bonchev–Trinajstić information content (AvgIpc) is 2.75. The monoisotopic (exact) mass is 247 g/mol. The van der Waals surface area contributed by atoms with Gasteiger partial charge >= 0.3 is 5.97 Å². The van der Waals surface area contributed by atoms with Crippen LogP contribution >= 0.6 is 0 Å². The Morgan fingerprint density at radius 2 is 2.33 bits per heavy atom. The summed E-state index contributed by atoms with van der Waals surface area (Å²) in [5, 5.41) is 8.87. The summed E-state index contributed by atoms with van der Waals surface area (Å²) >= 11 is 0.